The monoisotopic (exact) mass is 443 g/mol. The van der Waals surface area contributed by atoms with Crippen molar-refractivity contribution in [3.63, 3.8) is 0 Å². The minimum Gasteiger partial charge on any atom is -0.460 e. The van der Waals surface area contributed by atoms with Gasteiger partial charge in [-0.3, -0.25) is 9.69 Å². The first-order valence-electron chi connectivity index (χ1n) is 11.8. The molecule has 3 rings (SSSR count). The normalized spacial score (nSPS) is 13.5. The quantitative estimate of drug-likeness (QED) is 0.341. The molecular weight excluding hydrogens is 406 g/mol. The fourth-order valence-electron chi connectivity index (χ4n) is 4.30. The molecule has 174 valence electrons. The Morgan fingerprint density at radius 1 is 0.909 bits per heavy atom. The summed E-state index contributed by atoms with van der Waals surface area (Å²) in [4.78, 5) is 15.5. The van der Waals surface area contributed by atoms with Gasteiger partial charge in [0.15, 0.2) is 0 Å². The molecule has 0 amide bonds. The first-order chi connectivity index (χ1) is 15.6. The maximum Gasteiger partial charge on any atom is 0.308 e. The van der Waals surface area contributed by atoms with Crippen molar-refractivity contribution in [1.29, 1.82) is 0 Å². The smallest absolute Gasteiger partial charge is 0.308 e. The number of ether oxygens (including phenoxy) is 1. The molecule has 3 aromatic rings. The molecule has 3 nitrogen and oxygen atoms in total. The van der Waals surface area contributed by atoms with Crippen LogP contribution >= 0.6 is 0 Å². The van der Waals surface area contributed by atoms with Gasteiger partial charge in [-0.15, -0.1) is 0 Å². The van der Waals surface area contributed by atoms with E-state index in [4.69, 9.17) is 4.74 Å². The molecule has 3 heteroatoms. The first kappa shape index (κ1) is 24.7. The van der Waals surface area contributed by atoms with Gasteiger partial charge in [0.25, 0.3) is 0 Å². The summed E-state index contributed by atoms with van der Waals surface area (Å²) < 4.78 is 5.78. The van der Waals surface area contributed by atoms with Gasteiger partial charge in [-0.05, 0) is 63.8 Å². The standard InChI is InChI=1S/C30H37NO2/c1-22-17-18-23(2)27(19-22)28(20-29(32)33-30(4,5)6)31(21-25-13-9-7-10-14-25)24(3)26-15-11-8-12-16-26/h7-19,24,28H,20-21H2,1-6H3/t24-,28+/m1/s1. The molecule has 2 atom stereocenters. The Hall–Kier alpha value is -2.91. The Kier molecular flexibility index (Phi) is 8.10. The number of hydrogen-bond donors (Lipinski definition) is 0. The van der Waals surface area contributed by atoms with Crippen LogP contribution in [0.1, 0.15) is 74.0 Å². The number of rotatable bonds is 8. The minimum atomic E-state index is -0.515. The van der Waals surface area contributed by atoms with E-state index < -0.39 is 5.60 Å². The predicted octanol–water partition coefficient (Wildman–Crippen LogP) is 7.34. The Bertz CT molecular complexity index is 1040. The molecule has 0 N–H and O–H groups in total. The van der Waals surface area contributed by atoms with Crippen LogP contribution in [-0.4, -0.2) is 16.5 Å². The number of aryl methyl sites for hydroxylation is 2. The number of nitrogens with zero attached hydrogens (tertiary/aromatic N) is 1. The van der Waals surface area contributed by atoms with Crippen molar-refractivity contribution in [2.45, 2.75) is 72.2 Å². The maximum absolute atomic E-state index is 13.1. The Balaban J connectivity index is 2.08. The van der Waals surface area contributed by atoms with E-state index in [9.17, 15) is 4.79 Å². The summed E-state index contributed by atoms with van der Waals surface area (Å²) in [6.45, 7) is 13.0. The molecule has 0 aliphatic heterocycles. The second kappa shape index (κ2) is 10.8. The summed E-state index contributed by atoms with van der Waals surface area (Å²) >= 11 is 0. The number of carbonyl (C=O) groups is 1. The van der Waals surface area contributed by atoms with E-state index in [1.807, 2.05) is 32.9 Å². The molecule has 0 heterocycles. The third-order valence-electron chi connectivity index (χ3n) is 5.96. The average molecular weight is 444 g/mol. The van der Waals surface area contributed by atoms with Gasteiger partial charge in [0.2, 0.25) is 0 Å². The van der Waals surface area contributed by atoms with Crippen LogP contribution in [0.4, 0.5) is 0 Å². The zero-order chi connectivity index (χ0) is 24.0. The van der Waals surface area contributed by atoms with Crippen LogP contribution in [-0.2, 0) is 16.1 Å². The minimum absolute atomic E-state index is 0.110. The molecule has 0 saturated heterocycles. The van der Waals surface area contributed by atoms with Crippen LogP contribution < -0.4 is 0 Å². The Morgan fingerprint density at radius 3 is 2.12 bits per heavy atom. The predicted molar refractivity (Wildman–Crippen MR) is 136 cm³/mol. The van der Waals surface area contributed by atoms with Gasteiger partial charge in [-0.25, -0.2) is 0 Å². The summed E-state index contributed by atoms with van der Waals surface area (Å²) in [5, 5.41) is 0. The Morgan fingerprint density at radius 2 is 1.52 bits per heavy atom. The first-order valence-corrected chi connectivity index (χ1v) is 11.8. The largest absolute Gasteiger partial charge is 0.460 e. The van der Waals surface area contributed by atoms with Crippen molar-refractivity contribution in [2.75, 3.05) is 0 Å². The topological polar surface area (TPSA) is 29.5 Å². The van der Waals surface area contributed by atoms with Crippen LogP contribution in [0.2, 0.25) is 0 Å². The summed E-state index contributed by atoms with van der Waals surface area (Å²) in [5.41, 5.74) is 5.50. The molecule has 0 aliphatic carbocycles. The van der Waals surface area contributed by atoms with E-state index in [1.54, 1.807) is 0 Å². The molecule has 0 unspecified atom stereocenters. The number of hydrogen-bond acceptors (Lipinski definition) is 3. The van der Waals surface area contributed by atoms with Crippen molar-refractivity contribution < 1.29 is 9.53 Å². The lowest BCUT2D eigenvalue weighted by Crippen LogP contribution is -2.35. The second-order valence-electron chi connectivity index (χ2n) is 9.91. The van der Waals surface area contributed by atoms with Crippen molar-refractivity contribution in [2.24, 2.45) is 0 Å². The molecule has 3 aromatic carbocycles. The lowest BCUT2D eigenvalue weighted by Gasteiger charge is -2.38. The van der Waals surface area contributed by atoms with E-state index in [2.05, 4.69) is 92.4 Å². The molecular formula is C30H37NO2. The van der Waals surface area contributed by atoms with Gasteiger partial charge < -0.3 is 4.74 Å². The Labute approximate surface area is 199 Å². The lowest BCUT2D eigenvalue weighted by atomic mass is 9.92. The van der Waals surface area contributed by atoms with Gasteiger partial charge in [0.05, 0.1) is 6.42 Å². The van der Waals surface area contributed by atoms with E-state index in [1.165, 1.54) is 27.8 Å². The zero-order valence-electron chi connectivity index (χ0n) is 20.8. The highest BCUT2D eigenvalue weighted by atomic mass is 16.6. The van der Waals surface area contributed by atoms with Crippen molar-refractivity contribution >= 4 is 5.97 Å². The summed E-state index contributed by atoms with van der Waals surface area (Å²) in [6, 6.07) is 27.5. The van der Waals surface area contributed by atoms with Crippen LogP contribution in [0.5, 0.6) is 0 Å². The van der Waals surface area contributed by atoms with E-state index in [0.717, 1.165) is 6.54 Å². The van der Waals surface area contributed by atoms with Crippen LogP contribution in [0, 0.1) is 13.8 Å². The molecule has 0 fully saturated rings. The number of benzene rings is 3. The van der Waals surface area contributed by atoms with Gasteiger partial charge in [0, 0.05) is 18.6 Å². The van der Waals surface area contributed by atoms with Gasteiger partial charge >= 0.3 is 5.97 Å². The summed E-state index contributed by atoms with van der Waals surface area (Å²) in [7, 11) is 0. The third kappa shape index (κ3) is 7.03. The fourth-order valence-corrected chi connectivity index (χ4v) is 4.30. The second-order valence-corrected chi connectivity index (χ2v) is 9.91. The maximum atomic E-state index is 13.1. The number of esters is 1. The summed E-state index contributed by atoms with van der Waals surface area (Å²) in [5.74, 6) is -0.174. The SMILES string of the molecule is Cc1ccc(C)c([C@H](CC(=O)OC(C)(C)C)N(Cc2ccccc2)[C@H](C)c2ccccc2)c1. The molecule has 0 spiro atoms. The van der Waals surface area contributed by atoms with Gasteiger partial charge in [-0.1, -0.05) is 84.4 Å². The highest BCUT2D eigenvalue weighted by Crippen LogP contribution is 2.37. The van der Waals surface area contributed by atoms with Crippen molar-refractivity contribution in [1.82, 2.24) is 4.90 Å². The molecule has 0 saturated carbocycles. The third-order valence-corrected chi connectivity index (χ3v) is 5.96. The molecule has 0 aromatic heterocycles. The van der Waals surface area contributed by atoms with Crippen LogP contribution in [0.25, 0.3) is 0 Å². The molecule has 0 radical (unpaired) electrons. The van der Waals surface area contributed by atoms with Crippen molar-refractivity contribution in [3.05, 3.63) is 107 Å². The molecule has 33 heavy (non-hydrogen) atoms. The lowest BCUT2D eigenvalue weighted by molar-refractivity contribution is -0.156. The average Bonchev–Trinajstić information content (AvgIpc) is 2.77. The highest BCUT2D eigenvalue weighted by molar-refractivity contribution is 5.71. The molecule has 0 aliphatic rings. The van der Waals surface area contributed by atoms with Crippen LogP contribution in [0.3, 0.4) is 0 Å². The highest BCUT2D eigenvalue weighted by Gasteiger charge is 2.31. The van der Waals surface area contributed by atoms with Gasteiger partial charge in [-0.2, -0.15) is 0 Å². The van der Waals surface area contributed by atoms with Gasteiger partial charge in [0.1, 0.15) is 5.60 Å². The number of carbonyl (C=O) groups excluding carboxylic acids is 1. The van der Waals surface area contributed by atoms with E-state index in [-0.39, 0.29) is 18.1 Å². The summed E-state index contributed by atoms with van der Waals surface area (Å²) in [6.07, 6.45) is 0.297. The molecule has 0 bridgehead atoms. The van der Waals surface area contributed by atoms with E-state index >= 15 is 0 Å². The van der Waals surface area contributed by atoms with Crippen LogP contribution in [0.15, 0.2) is 78.9 Å². The fraction of sp³-hybridized carbons (Fsp3) is 0.367. The van der Waals surface area contributed by atoms with Crippen molar-refractivity contribution in [3.8, 4) is 0 Å². The zero-order valence-corrected chi connectivity index (χ0v) is 20.8. The van der Waals surface area contributed by atoms with E-state index in [0.29, 0.717) is 6.42 Å².